The van der Waals surface area contributed by atoms with Gasteiger partial charge in [0.05, 0.1) is 0 Å². The van der Waals surface area contributed by atoms with Crippen LogP contribution in [0.25, 0.3) is 0 Å². The lowest BCUT2D eigenvalue weighted by Crippen LogP contribution is -2.60. The van der Waals surface area contributed by atoms with Crippen molar-refractivity contribution in [3.63, 3.8) is 0 Å². The Bertz CT molecular complexity index is 1150. The Hall–Kier alpha value is -3.55. The number of aryl methyl sites for hydroxylation is 1. The second-order valence-corrected chi connectivity index (χ2v) is 12.3. The summed E-state index contributed by atoms with van der Waals surface area (Å²) < 4.78 is 5.51. The standard InChI is InChI=1S/C33H49N3O5/c1-9-11-12-20-34-29(38)28(25-15-13-14-23(3)21-25)36(33(7,8)10-2)30(39)27(35-31(40)41-32(4,5)6)22-24-16-18-26(37)19-17-24/h13-19,21,27-28,37H,9-12,20,22H2,1-8H3,(H,34,38)(H,35,40). The molecule has 226 valence electrons. The highest BCUT2D eigenvalue weighted by molar-refractivity contribution is 5.93. The van der Waals surface area contributed by atoms with Gasteiger partial charge in [0.25, 0.3) is 0 Å². The maximum absolute atomic E-state index is 14.6. The van der Waals surface area contributed by atoms with Gasteiger partial charge in [-0.2, -0.15) is 0 Å². The number of unbranched alkanes of at least 4 members (excludes halogenated alkanes) is 2. The molecule has 0 aliphatic rings. The summed E-state index contributed by atoms with van der Waals surface area (Å²) in [6.07, 6.45) is 2.86. The first-order valence-corrected chi connectivity index (χ1v) is 14.6. The Balaban J connectivity index is 2.61. The van der Waals surface area contributed by atoms with Crippen molar-refractivity contribution in [1.82, 2.24) is 15.5 Å². The quantitative estimate of drug-likeness (QED) is 0.250. The van der Waals surface area contributed by atoms with Crippen molar-refractivity contribution in [2.45, 2.75) is 111 Å². The molecule has 0 aromatic heterocycles. The van der Waals surface area contributed by atoms with Crippen LogP contribution < -0.4 is 10.6 Å². The highest BCUT2D eigenvalue weighted by Gasteiger charge is 2.43. The predicted octanol–water partition coefficient (Wildman–Crippen LogP) is 6.20. The average Bonchev–Trinajstić information content (AvgIpc) is 2.88. The minimum Gasteiger partial charge on any atom is -0.508 e. The van der Waals surface area contributed by atoms with Crippen LogP contribution in [0.3, 0.4) is 0 Å². The molecular formula is C33H49N3O5. The molecule has 0 bridgehead atoms. The molecule has 0 saturated heterocycles. The Morgan fingerprint density at radius 3 is 2.20 bits per heavy atom. The van der Waals surface area contributed by atoms with Gasteiger partial charge < -0.3 is 25.4 Å². The van der Waals surface area contributed by atoms with Crippen LogP contribution in [0, 0.1) is 6.92 Å². The minimum absolute atomic E-state index is 0.102. The maximum Gasteiger partial charge on any atom is 0.408 e. The van der Waals surface area contributed by atoms with Crippen molar-refractivity contribution in [2.24, 2.45) is 0 Å². The summed E-state index contributed by atoms with van der Waals surface area (Å²) in [7, 11) is 0. The number of carbonyl (C=O) groups is 3. The molecule has 2 aromatic rings. The second kappa shape index (κ2) is 14.9. The predicted molar refractivity (Wildman–Crippen MR) is 163 cm³/mol. The lowest BCUT2D eigenvalue weighted by Gasteiger charge is -2.44. The van der Waals surface area contributed by atoms with E-state index in [-0.39, 0.29) is 18.1 Å². The normalized spacial score (nSPS) is 13.2. The maximum atomic E-state index is 14.6. The van der Waals surface area contributed by atoms with Crippen LogP contribution in [-0.2, 0) is 20.7 Å². The summed E-state index contributed by atoms with van der Waals surface area (Å²) in [5, 5.41) is 15.6. The number of nitrogens with one attached hydrogen (secondary N) is 2. The number of benzene rings is 2. The summed E-state index contributed by atoms with van der Waals surface area (Å²) in [6, 6.07) is 12.2. The zero-order valence-corrected chi connectivity index (χ0v) is 26.0. The Morgan fingerprint density at radius 2 is 1.63 bits per heavy atom. The molecule has 0 heterocycles. The SMILES string of the molecule is CCCCCNC(=O)C(c1cccc(C)c1)N(C(=O)C(Cc1ccc(O)cc1)NC(=O)OC(C)(C)C)C(C)(C)CC. The molecule has 2 unspecified atom stereocenters. The van der Waals surface area contributed by atoms with Crippen molar-refractivity contribution in [2.75, 3.05) is 6.54 Å². The molecule has 8 nitrogen and oxygen atoms in total. The summed E-state index contributed by atoms with van der Waals surface area (Å²) >= 11 is 0. The molecule has 0 spiro atoms. The van der Waals surface area contributed by atoms with Crippen LogP contribution in [0.1, 0.15) is 96.9 Å². The third-order valence-corrected chi connectivity index (χ3v) is 7.06. The smallest absolute Gasteiger partial charge is 0.408 e. The number of hydrogen-bond donors (Lipinski definition) is 3. The Labute approximate surface area is 245 Å². The van der Waals surface area contributed by atoms with Crippen LogP contribution in [0.5, 0.6) is 5.75 Å². The highest BCUT2D eigenvalue weighted by atomic mass is 16.6. The fourth-order valence-corrected chi connectivity index (χ4v) is 4.57. The van der Waals surface area contributed by atoms with E-state index in [9.17, 15) is 19.5 Å². The van der Waals surface area contributed by atoms with E-state index in [1.165, 1.54) is 12.1 Å². The number of phenols is 1. The molecular weight excluding hydrogens is 518 g/mol. The van der Waals surface area contributed by atoms with Gasteiger partial charge in [0, 0.05) is 18.5 Å². The van der Waals surface area contributed by atoms with Crippen LogP contribution in [0.15, 0.2) is 48.5 Å². The van der Waals surface area contributed by atoms with Crippen molar-refractivity contribution < 1.29 is 24.2 Å². The average molecular weight is 568 g/mol. The van der Waals surface area contributed by atoms with Gasteiger partial charge in [0.1, 0.15) is 23.4 Å². The van der Waals surface area contributed by atoms with E-state index in [1.807, 2.05) is 52.0 Å². The number of phenolic OH excluding ortho intramolecular Hbond substituents is 1. The molecule has 2 rings (SSSR count). The van der Waals surface area contributed by atoms with E-state index in [0.29, 0.717) is 18.5 Å². The number of aromatic hydroxyl groups is 1. The molecule has 3 amide bonds. The van der Waals surface area contributed by atoms with Crippen LogP contribution in [-0.4, -0.2) is 51.6 Å². The second-order valence-electron chi connectivity index (χ2n) is 12.3. The number of rotatable bonds is 13. The first-order valence-electron chi connectivity index (χ1n) is 14.6. The molecule has 0 fully saturated rings. The first kappa shape index (κ1) is 33.7. The first-order chi connectivity index (χ1) is 19.2. The van der Waals surface area contributed by atoms with Gasteiger partial charge in [-0.05, 0) is 77.6 Å². The number of alkyl carbamates (subject to hydrolysis) is 1. The van der Waals surface area contributed by atoms with Crippen molar-refractivity contribution in [3.05, 3.63) is 65.2 Å². The monoisotopic (exact) mass is 567 g/mol. The zero-order valence-electron chi connectivity index (χ0n) is 26.0. The van der Waals surface area contributed by atoms with Crippen LogP contribution in [0.2, 0.25) is 0 Å². The molecule has 41 heavy (non-hydrogen) atoms. The van der Waals surface area contributed by atoms with E-state index < -0.39 is 35.2 Å². The highest BCUT2D eigenvalue weighted by Crippen LogP contribution is 2.33. The Morgan fingerprint density at radius 1 is 0.976 bits per heavy atom. The summed E-state index contributed by atoms with van der Waals surface area (Å²) in [6.45, 7) is 15.7. The van der Waals surface area contributed by atoms with E-state index in [4.69, 9.17) is 4.74 Å². The van der Waals surface area contributed by atoms with Crippen molar-refractivity contribution in [1.29, 1.82) is 0 Å². The topological polar surface area (TPSA) is 108 Å². The number of amides is 3. The molecule has 0 radical (unpaired) electrons. The number of ether oxygens (including phenoxy) is 1. The molecule has 2 aromatic carbocycles. The van der Waals surface area contributed by atoms with Gasteiger partial charge in [0.2, 0.25) is 11.8 Å². The fraction of sp³-hybridized carbons (Fsp3) is 0.545. The lowest BCUT2D eigenvalue weighted by molar-refractivity contribution is -0.149. The van der Waals surface area contributed by atoms with Gasteiger partial charge >= 0.3 is 6.09 Å². The molecule has 0 saturated carbocycles. The summed E-state index contributed by atoms with van der Waals surface area (Å²) in [4.78, 5) is 43.1. The Kier molecular flexibility index (Phi) is 12.2. The molecule has 3 N–H and O–H groups in total. The molecule has 8 heteroatoms. The molecule has 0 aliphatic carbocycles. The van der Waals surface area contributed by atoms with E-state index >= 15 is 0 Å². The van der Waals surface area contributed by atoms with E-state index in [1.54, 1.807) is 37.8 Å². The van der Waals surface area contributed by atoms with Crippen molar-refractivity contribution in [3.8, 4) is 5.75 Å². The van der Waals surface area contributed by atoms with Gasteiger partial charge in [-0.3, -0.25) is 9.59 Å². The van der Waals surface area contributed by atoms with E-state index in [0.717, 1.165) is 30.4 Å². The third kappa shape index (κ3) is 10.4. The zero-order chi connectivity index (χ0) is 30.8. The molecule has 2 atom stereocenters. The van der Waals surface area contributed by atoms with E-state index in [2.05, 4.69) is 17.6 Å². The summed E-state index contributed by atoms with van der Waals surface area (Å²) in [5.74, 6) is -0.557. The largest absolute Gasteiger partial charge is 0.508 e. The number of nitrogens with zero attached hydrogens (tertiary/aromatic N) is 1. The molecule has 0 aliphatic heterocycles. The van der Waals surface area contributed by atoms with Crippen LogP contribution >= 0.6 is 0 Å². The van der Waals surface area contributed by atoms with Gasteiger partial charge in [0.15, 0.2) is 0 Å². The number of hydrogen-bond acceptors (Lipinski definition) is 5. The van der Waals surface area contributed by atoms with Gasteiger partial charge in [-0.25, -0.2) is 4.79 Å². The van der Waals surface area contributed by atoms with Crippen molar-refractivity contribution >= 4 is 17.9 Å². The van der Waals surface area contributed by atoms with Gasteiger partial charge in [-0.15, -0.1) is 0 Å². The van der Waals surface area contributed by atoms with Gasteiger partial charge in [-0.1, -0.05) is 68.7 Å². The summed E-state index contributed by atoms with van der Waals surface area (Å²) in [5.41, 5.74) is 0.910. The minimum atomic E-state index is -1.03. The lowest BCUT2D eigenvalue weighted by atomic mass is 9.90. The fourth-order valence-electron chi connectivity index (χ4n) is 4.57. The third-order valence-electron chi connectivity index (χ3n) is 7.06. The van der Waals surface area contributed by atoms with Crippen LogP contribution in [0.4, 0.5) is 4.79 Å². The number of carbonyl (C=O) groups excluding carboxylic acids is 3.